The number of aromatic amines is 1. The molecule has 5 rings (SSSR count). The van der Waals surface area contributed by atoms with Gasteiger partial charge in [-0.15, -0.1) is 11.3 Å². The Balaban J connectivity index is 1.59. The largest absolute Gasteiger partial charge is 0.295 e. The topological polar surface area (TPSA) is 75.0 Å². The highest BCUT2D eigenvalue weighted by molar-refractivity contribution is 7.15. The van der Waals surface area contributed by atoms with Gasteiger partial charge >= 0.3 is 0 Å². The van der Waals surface area contributed by atoms with Gasteiger partial charge in [-0.05, 0) is 38.3 Å². The van der Waals surface area contributed by atoms with E-state index in [9.17, 15) is 0 Å². The summed E-state index contributed by atoms with van der Waals surface area (Å²) in [5.74, 6) is 0.314. The summed E-state index contributed by atoms with van der Waals surface area (Å²) in [7, 11) is 0. The van der Waals surface area contributed by atoms with Gasteiger partial charge in [0.1, 0.15) is 11.3 Å². The first-order chi connectivity index (χ1) is 14.4. The van der Waals surface area contributed by atoms with Crippen molar-refractivity contribution in [3.63, 3.8) is 0 Å². The molecule has 0 saturated carbocycles. The lowest BCUT2D eigenvalue weighted by atomic mass is 9.97. The standard InChI is InChI=1S/C22H27N7S/c1-12(2)18-19(15-8-14(5)21-23-11-24-29(21)9-15)26-27-20(18)22-25-16-6-7-28(13(3)4)10-17(16)30-22/h8-9,11-13H,6-7,10H2,1-5H3,(H,26,27). The summed E-state index contributed by atoms with van der Waals surface area (Å²) in [5.41, 5.74) is 7.48. The van der Waals surface area contributed by atoms with Gasteiger partial charge in [0.25, 0.3) is 0 Å². The van der Waals surface area contributed by atoms with Crippen LogP contribution in [0, 0.1) is 6.92 Å². The van der Waals surface area contributed by atoms with Crippen LogP contribution in [0.15, 0.2) is 18.6 Å². The number of nitrogens with one attached hydrogen (secondary N) is 1. The predicted octanol–water partition coefficient (Wildman–Crippen LogP) is 4.44. The van der Waals surface area contributed by atoms with E-state index in [0.29, 0.717) is 12.0 Å². The van der Waals surface area contributed by atoms with Crippen LogP contribution in [0.1, 0.15) is 55.3 Å². The number of hydrogen-bond donors (Lipinski definition) is 1. The maximum Gasteiger partial charge on any atom is 0.158 e. The molecule has 8 heteroatoms. The fraction of sp³-hybridized carbons (Fsp3) is 0.455. The highest BCUT2D eigenvalue weighted by atomic mass is 32.1. The van der Waals surface area contributed by atoms with Crippen molar-refractivity contribution >= 4 is 17.0 Å². The minimum Gasteiger partial charge on any atom is -0.295 e. The Hall–Kier alpha value is -2.58. The van der Waals surface area contributed by atoms with Gasteiger partial charge in [0, 0.05) is 47.8 Å². The van der Waals surface area contributed by atoms with Crippen molar-refractivity contribution in [2.75, 3.05) is 6.54 Å². The van der Waals surface area contributed by atoms with E-state index in [-0.39, 0.29) is 0 Å². The van der Waals surface area contributed by atoms with E-state index in [1.165, 1.54) is 16.1 Å². The maximum atomic E-state index is 5.02. The Kier molecular flexibility index (Phi) is 4.71. The van der Waals surface area contributed by atoms with E-state index in [0.717, 1.165) is 52.7 Å². The first-order valence-corrected chi connectivity index (χ1v) is 11.4. The number of H-pyrrole nitrogens is 1. The molecule has 7 nitrogen and oxygen atoms in total. The van der Waals surface area contributed by atoms with Crippen molar-refractivity contribution in [3.8, 4) is 22.0 Å². The van der Waals surface area contributed by atoms with Crippen LogP contribution in [0.25, 0.3) is 27.6 Å². The molecule has 0 fully saturated rings. The average molecular weight is 422 g/mol. The summed E-state index contributed by atoms with van der Waals surface area (Å²) in [6.45, 7) is 13.1. The number of nitrogens with zero attached hydrogens (tertiary/aromatic N) is 6. The highest BCUT2D eigenvalue weighted by Gasteiger charge is 2.26. The Morgan fingerprint density at radius 3 is 2.80 bits per heavy atom. The van der Waals surface area contributed by atoms with Gasteiger partial charge in [-0.1, -0.05) is 13.8 Å². The van der Waals surface area contributed by atoms with E-state index in [1.807, 2.05) is 10.7 Å². The molecule has 0 aromatic carbocycles. The summed E-state index contributed by atoms with van der Waals surface area (Å²) >= 11 is 1.81. The van der Waals surface area contributed by atoms with Gasteiger partial charge in [0.15, 0.2) is 5.65 Å². The van der Waals surface area contributed by atoms with Gasteiger partial charge in [-0.3, -0.25) is 10.00 Å². The monoisotopic (exact) mass is 421 g/mol. The number of rotatable bonds is 4. The molecule has 4 aromatic rings. The number of pyridine rings is 1. The van der Waals surface area contributed by atoms with Gasteiger partial charge in [0.05, 0.1) is 17.1 Å². The minimum absolute atomic E-state index is 0.314. The summed E-state index contributed by atoms with van der Waals surface area (Å²) in [5, 5.41) is 13.4. The molecule has 0 atom stereocenters. The van der Waals surface area contributed by atoms with Crippen molar-refractivity contribution in [1.82, 2.24) is 34.7 Å². The third kappa shape index (κ3) is 3.15. The third-order valence-electron chi connectivity index (χ3n) is 5.92. The van der Waals surface area contributed by atoms with Gasteiger partial charge in [-0.25, -0.2) is 14.5 Å². The molecule has 1 aliphatic rings. The molecular weight excluding hydrogens is 394 g/mol. The third-order valence-corrected chi connectivity index (χ3v) is 7.02. The molecule has 0 radical (unpaired) electrons. The van der Waals surface area contributed by atoms with Gasteiger partial charge in [-0.2, -0.15) is 10.2 Å². The first-order valence-electron chi connectivity index (χ1n) is 10.5. The van der Waals surface area contributed by atoms with Crippen LogP contribution < -0.4 is 0 Å². The predicted molar refractivity (Wildman–Crippen MR) is 120 cm³/mol. The van der Waals surface area contributed by atoms with Crippen LogP contribution in [0.3, 0.4) is 0 Å². The fourth-order valence-corrected chi connectivity index (χ4v) is 5.42. The molecule has 0 saturated heterocycles. The smallest absolute Gasteiger partial charge is 0.158 e. The summed E-state index contributed by atoms with van der Waals surface area (Å²) in [4.78, 5) is 13.2. The Labute approximate surface area is 180 Å². The second-order valence-electron chi connectivity index (χ2n) is 8.66. The molecule has 1 aliphatic heterocycles. The molecule has 156 valence electrons. The molecule has 5 heterocycles. The molecule has 0 bridgehead atoms. The molecule has 0 aliphatic carbocycles. The SMILES string of the molecule is Cc1cc(-c2n[nH]c(-c3nc4c(s3)CN(C(C)C)CC4)c2C(C)C)cn2ncnc12. The Morgan fingerprint density at radius 1 is 1.20 bits per heavy atom. The molecular formula is C22H27N7S. The number of aromatic nitrogens is 6. The summed E-state index contributed by atoms with van der Waals surface area (Å²) in [6.07, 6.45) is 4.62. The number of hydrogen-bond acceptors (Lipinski definition) is 6. The van der Waals surface area contributed by atoms with Crippen LogP contribution in [0.4, 0.5) is 0 Å². The number of aryl methyl sites for hydroxylation is 1. The number of fused-ring (bicyclic) bond motifs is 2. The van der Waals surface area contributed by atoms with E-state index >= 15 is 0 Å². The summed E-state index contributed by atoms with van der Waals surface area (Å²) in [6, 6.07) is 2.70. The maximum absolute atomic E-state index is 5.02. The van der Waals surface area contributed by atoms with Gasteiger partial charge in [0.2, 0.25) is 0 Å². The van der Waals surface area contributed by atoms with Crippen molar-refractivity contribution in [2.24, 2.45) is 0 Å². The lowest BCUT2D eigenvalue weighted by molar-refractivity contribution is 0.205. The zero-order valence-corrected chi connectivity index (χ0v) is 18.9. The van der Waals surface area contributed by atoms with Crippen LogP contribution in [-0.4, -0.2) is 47.3 Å². The van der Waals surface area contributed by atoms with E-state index in [2.05, 4.69) is 60.8 Å². The molecule has 30 heavy (non-hydrogen) atoms. The Morgan fingerprint density at radius 2 is 2.03 bits per heavy atom. The van der Waals surface area contributed by atoms with E-state index in [1.54, 1.807) is 17.7 Å². The van der Waals surface area contributed by atoms with Crippen LogP contribution in [0.5, 0.6) is 0 Å². The lowest BCUT2D eigenvalue weighted by Crippen LogP contribution is -2.35. The molecule has 4 aromatic heterocycles. The molecule has 1 N–H and O–H groups in total. The van der Waals surface area contributed by atoms with Crippen LogP contribution in [0.2, 0.25) is 0 Å². The quantitative estimate of drug-likeness (QED) is 0.527. The molecule has 0 spiro atoms. The normalized spacial score (nSPS) is 14.9. The second kappa shape index (κ2) is 7.28. The minimum atomic E-state index is 0.314. The van der Waals surface area contributed by atoms with Crippen LogP contribution >= 0.6 is 11.3 Å². The lowest BCUT2D eigenvalue weighted by Gasteiger charge is -2.29. The van der Waals surface area contributed by atoms with Crippen molar-refractivity contribution in [2.45, 2.75) is 59.5 Å². The van der Waals surface area contributed by atoms with E-state index in [4.69, 9.17) is 10.1 Å². The first kappa shape index (κ1) is 19.4. The van der Waals surface area contributed by atoms with Crippen molar-refractivity contribution < 1.29 is 0 Å². The average Bonchev–Trinajstić information content (AvgIpc) is 3.43. The number of thiazole rings is 1. The van der Waals surface area contributed by atoms with Crippen molar-refractivity contribution in [1.29, 1.82) is 0 Å². The van der Waals surface area contributed by atoms with Crippen LogP contribution in [-0.2, 0) is 13.0 Å². The van der Waals surface area contributed by atoms with Gasteiger partial charge < -0.3 is 0 Å². The van der Waals surface area contributed by atoms with E-state index < -0.39 is 0 Å². The summed E-state index contributed by atoms with van der Waals surface area (Å²) < 4.78 is 1.83. The molecule has 0 unspecified atom stereocenters. The molecule has 0 amide bonds. The Bertz CT molecular complexity index is 1210. The highest BCUT2D eigenvalue weighted by Crippen LogP contribution is 2.39. The fourth-order valence-electron chi connectivity index (χ4n) is 4.28. The second-order valence-corrected chi connectivity index (χ2v) is 9.74. The zero-order chi connectivity index (χ0) is 21.0. The van der Waals surface area contributed by atoms with Crippen molar-refractivity contribution in [3.05, 3.63) is 40.3 Å². The zero-order valence-electron chi connectivity index (χ0n) is 18.1.